The van der Waals surface area contributed by atoms with Gasteiger partial charge < -0.3 is 5.32 Å². The van der Waals surface area contributed by atoms with E-state index in [1.807, 2.05) is 7.05 Å². The van der Waals surface area contributed by atoms with Gasteiger partial charge in [0.25, 0.3) is 0 Å². The number of terminal acetylenes is 1. The summed E-state index contributed by atoms with van der Waals surface area (Å²) in [5.74, 6) is 2.66. The Bertz CT molecular complexity index is 371. The Morgan fingerprint density at radius 1 is 1.44 bits per heavy atom. The van der Waals surface area contributed by atoms with E-state index in [2.05, 4.69) is 34.9 Å². The van der Waals surface area contributed by atoms with Crippen molar-refractivity contribution in [2.75, 3.05) is 13.6 Å². The van der Waals surface area contributed by atoms with Gasteiger partial charge in [-0.25, -0.2) is 0 Å². The Balaban J connectivity index is 2.69. The molecule has 1 rings (SSSR count). The fourth-order valence-electron chi connectivity index (χ4n) is 1.89. The first-order valence-corrected chi connectivity index (χ1v) is 5.81. The van der Waals surface area contributed by atoms with E-state index in [0.29, 0.717) is 0 Å². The fourth-order valence-corrected chi connectivity index (χ4v) is 1.89. The molecule has 0 aliphatic rings. The number of aromatic nitrogens is 2. The van der Waals surface area contributed by atoms with Crippen LogP contribution in [-0.2, 0) is 13.0 Å². The smallest absolute Gasteiger partial charge is 0.0628 e. The highest BCUT2D eigenvalue weighted by molar-refractivity contribution is 5.24. The van der Waals surface area contributed by atoms with Crippen molar-refractivity contribution >= 4 is 0 Å². The molecule has 1 aromatic heterocycles. The Kier molecular flexibility index (Phi) is 5.07. The highest BCUT2D eigenvalue weighted by Crippen LogP contribution is 2.14. The number of likely N-dealkylation sites (N-methyl/N-ethyl adjacent to an activating group) is 1. The number of aryl methyl sites for hydroxylation is 2. The molecular formula is C13H21N3. The summed E-state index contributed by atoms with van der Waals surface area (Å²) in [5, 5.41) is 7.72. The lowest BCUT2D eigenvalue weighted by atomic mass is 10.1. The molecule has 0 bridgehead atoms. The molecule has 0 aromatic carbocycles. The monoisotopic (exact) mass is 219 g/mol. The molecule has 0 aliphatic carbocycles. The maximum Gasteiger partial charge on any atom is 0.0628 e. The van der Waals surface area contributed by atoms with Crippen molar-refractivity contribution in [2.45, 2.75) is 39.7 Å². The molecule has 3 heteroatoms. The second-order valence-electron chi connectivity index (χ2n) is 4.03. The van der Waals surface area contributed by atoms with E-state index in [1.165, 1.54) is 11.3 Å². The largest absolute Gasteiger partial charge is 0.319 e. The van der Waals surface area contributed by atoms with Crippen molar-refractivity contribution in [3.8, 4) is 12.3 Å². The summed E-state index contributed by atoms with van der Waals surface area (Å²) in [6.07, 6.45) is 8.12. The summed E-state index contributed by atoms with van der Waals surface area (Å²) in [6.45, 7) is 6.14. The van der Waals surface area contributed by atoms with Crippen LogP contribution in [0, 0.1) is 26.2 Å². The van der Waals surface area contributed by atoms with Gasteiger partial charge in [-0.05, 0) is 45.8 Å². The van der Waals surface area contributed by atoms with Gasteiger partial charge in [-0.2, -0.15) is 5.10 Å². The maximum atomic E-state index is 5.24. The Hall–Kier alpha value is -1.27. The van der Waals surface area contributed by atoms with Crippen molar-refractivity contribution < 1.29 is 0 Å². The first-order chi connectivity index (χ1) is 7.70. The van der Waals surface area contributed by atoms with Gasteiger partial charge in [0, 0.05) is 18.7 Å². The van der Waals surface area contributed by atoms with Crippen LogP contribution < -0.4 is 5.32 Å². The number of unbranched alkanes of at least 4 members (excludes halogenated alkanes) is 1. The summed E-state index contributed by atoms with van der Waals surface area (Å²) < 4.78 is 2.08. The minimum absolute atomic E-state index is 0.824. The molecule has 1 aromatic rings. The van der Waals surface area contributed by atoms with E-state index in [9.17, 15) is 0 Å². The van der Waals surface area contributed by atoms with Crippen LogP contribution in [0.5, 0.6) is 0 Å². The molecule has 0 spiro atoms. The average molecular weight is 219 g/mol. The Morgan fingerprint density at radius 2 is 2.19 bits per heavy atom. The first kappa shape index (κ1) is 12.8. The Labute approximate surface area is 98.2 Å². The van der Waals surface area contributed by atoms with Crippen LogP contribution in [0.3, 0.4) is 0 Å². The predicted octanol–water partition coefficient (Wildman–Crippen LogP) is 1.68. The number of nitrogens with one attached hydrogen (secondary N) is 1. The van der Waals surface area contributed by atoms with Gasteiger partial charge >= 0.3 is 0 Å². The molecule has 16 heavy (non-hydrogen) atoms. The molecule has 0 saturated heterocycles. The molecule has 1 N–H and O–H groups in total. The summed E-state index contributed by atoms with van der Waals surface area (Å²) in [7, 11) is 1.97. The number of hydrogen-bond acceptors (Lipinski definition) is 2. The molecular weight excluding hydrogens is 198 g/mol. The molecule has 0 aliphatic heterocycles. The normalized spacial score (nSPS) is 10.4. The lowest BCUT2D eigenvalue weighted by Crippen LogP contribution is -2.11. The summed E-state index contributed by atoms with van der Waals surface area (Å²) in [6, 6.07) is 0. The van der Waals surface area contributed by atoms with E-state index in [4.69, 9.17) is 6.42 Å². The van der Waals surface area contributed by atoms with Gasteiger partial charge in [0.15, 0.2) is 0 Å². The second-order valence-corrected chi connectivity index (χ2v) is 4.03. The van der Waals surface area contributed by atoms with Gasteiger partial charge in [0.1, 0.15) is 0 Å². The van der Waals surface area contributed by atoms with Gasteiger partial charge in [0.2, 0.25) is 0 Å². The molecule has 88 valence electrons. The van der Waals surface area contributed by atoms with Crippen LogP contribution in [0.25, 0.3) is 0 Å². The van der Waals surface area contributed by atoms with Crippen molar-refractivity contribution in [2.24, 2.45) is 0 Å². The van der Waals surface area contributed by atoms with Crippen molar-refractivity contribution in [1.29, 1.82) is 0 Å². The van der Waals surface area contributed by atoms with Crippen LogP contribution in [0.15, 0.2) is 0 Å². The van der Waals surface area contributed by atoms with Crippen LogP contribution in [0.2, 0.25) is 0 Å². The van der Waals surface area contributed by atoms with E-state index in [-0.39, 0.29) is 0 Å². The van der Waals surface area contributed by atoms with E-state index < -0.39 is 0 Å². The van der Waals surface area contributed by atoms with Crippen LogP contribution >= 0.6 is 0 Å². The SMILES string of the molecule is C#CCCCn1nc(C)c(CCNC)c1C. The molecule has 1 heterocycles. The fraction of sp³-hybridized carbons (Fsp3) is 0.615. The quantitative estimate of drug-likeness (QED) is 0.582. The van der Waals surface area contributed by atoms with Gasteiger partial charge in [-0.1, -0.05) is 0 Å². The molecule has 0 unspecified atom stereocenters. The minimum Gasteiger partial charge on any atom is -0.319 e. The predicted molar refractivity (Wildman–Crippen MR) is 67.4 cm³/mol. The summed E-state index contributed by atoms with van der Waals surface area (Å²) in [5.41, 5.74) is 3.80. The molecule has 0 atom stereocenters. The van der Waals surface area contributed by atoms with Crippen LogP contribution in [0.1, 0.15) is 29.8 Å². The van der Waals surface area contributed by atoms with Crippen LogP contribution in [-0.4, -0.2) is 23.4 Å². The highest BCUT2D eigenvalue weighted by atomic mass is 15.3. The number of hydrogen-bond donors (Lipinski definition) is 1. The van der Waals surface area contributed by atoms with E-state index in [0.717, 1.165) is 38.0 Å². The molecule has 0 saturated carbocycles. The summed E-state index contributed by atoms with van der Waals surface area (Å²) >= 11 is 0. The third kappa shape index (κ3) is 3.11. The minimum atomic E-state index is 0.824. The van der Waals surface area contributed by atoms with Crippen molar-refractivity contribution in [3.63, 3.8) is 0 Å². The Morgan fingerprint density at radius 3 is 2.81 bits per heavy atom. The lowest BCUT2D eigenvalue weighted by Gasteiger charge is -2.04. The topological polar surface area (TPSA) is 29.9 Å². The van der Waals surface area contributed by atoms with Gasteiger partial charge in [-0.15, -0.1) is 12.3 Å². The number of nitrogens with zero attached hydrogens (tertiary/aromatic N) is 2. The standard InChI is InChI=1S/C13H21N3/c1-5-6-7-10-16-12(3)13(8-9-14-4)11(2)15-16/h1,14H,6-10H2,2-4H3. The van der Waals surface area contributed by atoms with Crippen molar-refractivity contribution in [3.05, 3.63) is 17.0 Å². The molecule has 0 fully saturated rings. The third-order valence-corrected chi connectivity index (χ3v) is 2.85. The van der Waals surface area contributed by atoms with Crippen LogP contribution in [0.4, 0.5) is 0 Å². The first-order valence-electron chi connectivity index (χ1n) is 5.81. The number of rotatable bonds is 6. The zero-order chi connectivity index (χ0) is 12.0. The zero-order valence-electron chi connectivity index (χ0n) is 10.5. The molecule has 0 amide bonds. The maximum absolute atomic E-state index is 5.24. The zero-order valence-corrected chi connectivity index (χ0v) is 10.5. The van der Waals surface area contributed by atoms with E-state index >= 15 is 0 Å². The lowest BCUT2D eigenvalue weighted by molar-refractivity contribution is 0.568. The summed E-state index contributed by atoms with van der Waals surface area (Å²) in [4.78, 5) is 0. The molecule has 0 radical (unpaired) electrons. The third-order valence-electron chi connectivity index (χ3n) is 2.85. The van der Waals surface area contributed by atoms with Gasteiger partial charge in [0.05, 0.1) is 5.69 Å². The van der Waals surface area contributed by atoms with Gasteiger partial charge in [-0.3, -0.25) is 4.68 Å². The van der Waals surface area contributed by atoms with Crippen molar-refractivity contribution in [1.82, 2.24) is 15.1 Å². The second kappa shape index (κ2) is 6.34. The highest BCUT2D eigenvalue weighted by Gasteiger charge is 2.10. The van der Waals surface area contributed by atoms with E-state index in [1.54, 1.807) is 0 Å². The average Bonchev–Trinajstić information content (AvgIpc) is 2.53. The molecule has 3 nitrogen and oxygen atoms in total.